The summed E-state index contributed by atoms with van der Waals surface area (Å²) < 4.78 is 0. The van der Waals surface area contributed by atoms with Crippen LogP contribution in [0.15, 0.2) is 42.5 Å². The molecular weight excluding hydrogens is 390 g/mol. The molecule has 3 aromatic rings. The van der Waals surface area contributed by atoms with Crippen LogP contribution >= 0.6 is 0 Å². The second-order valence-corrected chi connectivity index (χ2v) is 8.60. The maximum atomic E-state index is 12.6. The Morgan fingerprint density at radius 1 is 1.00 bits per heavy atom. The molecule has 1 aliphatic heterocycles. The Balaban J connectivity index is 1.10. The van der Waals surface area contributed by atoms with E-state index < -0.39 is 0 Å². The number of hydrogen-bond acceptors (Lipinski definition) is 4. The molecule has 2 aromatic carbocycles. The van der Waals surface area contributed by atoms with Gasteiger partial charge in [-0.3, -0.25) is 14.7 Å². The largest absolute Gasteiger partial charge is 0.347 e. The highest BCUT2D eigenvalue weighted by atomic mass is 16.2. The zero-order valence-corrected chi connectivity index (χ0v) is 17.5. The third kappa shape index (κ3) is 4.45. The van der Waals surface area contributed by atoms with Crippen LogP contribution in [0.4, 0.5) is 0 Å². The smallest absolute Gasteiger partial charge is 0.241 e. The van der Waals surface area contributed by atoms with Gasteiger partial charge in [0.05, 0.1) is 13.0 Å². The summed E-state index contributed by atoms with van der Waals surface area (Å²) in [6.45, 7) is 1.41. The molecule has 5 rings (SSSR count). The highest BCUT2D eigenvalue weighted by Crippen LogP contribution is 2.38. The number of carbonyl (C=O) groups is 2. The van der Waals surface area contributed by atoms with E-state index in [0.717, 1.165) is 40.8 Å². The van der Waals surface area contributed by atoms with Crippen molar-refractivity contribution in [3.8, 4) is 0 Å². The fourth-order valence-corrected chi connectivity index (χ4v) is 4.37. The van der Waals surface area contributed by atoms with E-state index in [9.17, 15) is 9.59 Å². The van der Waals surface area contributed by atoms with Crippen molar-refractivity contribution in [1.82, 2.24) is 25.4 Å². The van der Waals surface area contributed by atoms with Crippen molar-refractivity contribution in [3.63, 3.8) is 0 Å². The van der Waals surface area contributed by atoms with Gasteiger partial charge in [0.1, 0.15) is 5.82 Å². The normalized spacial score (nSPS) is 17.1. The number of aromatic amines is 1. The summed E-state index contributed by atoms with van der Waals surface area (Å²) in [6.07, 6.45) is 4.39. The summed E-state index contributed by atoms with van der Waals surface area (Å²) in [4.78, 5) is 31.5. The standard InChI is InChI=1S/C24H27N5O2/c30-21(14-19-6-3-5-16-4-1-2-7-20(16)19)25-15-22(31)29-12-10-18(11-13-29)24-26-23(27-28-24)17-8-9-17/h1-7,17-18H,8-15H2,(H,25,30)(H,26,27,28). The zero-order chi connectivity index (χ0) is 21.2. The third-order valence-electron chi connectivity index (χ3n) is 6.36. The number of carbonyl (C=O) groups excluding carboxylic acids is 2. The van der Waals surface area contributed by atoms with E-state index in [1.807, 2.05) is 47.4 Å². The first-order chi connectivity index (χ1) is 15.2. The van der Waals surface area contributed by atoms with Crippen molar-refractivity contribution in [2.45, 2.75) is 43.9 Å². The molecule has 0 atom stereocenters. The minimum Gasteiger partial charge on any atom is -0.347 e. The lowest BCUT2D eigenvalue weighted by atomic mass is 9.96. The van der Waals surface area contributed by atoms with Gasteiger partial charge in [0.25, 0.3) is 0 Å². The average Bonchev–Trinajstić information content (AvgIpc) is 3.54. The van der Waals surface area contributed by atoms with E-state index in [2.05, 4.69) is 20.5 Å². The predicted octanol–water partition coefficient (Wildman–Crippen LogP) is 2.90. The molecule has 1 saturated heterocycles. The van der Waals surface area contributed by atoms with Gasteiger partial charge >= 0.3 is 0 Å². The fourth-order valence-electron chi connectivity index (χ4n) is 4.37. The maximum absolute atomic E-state index is 12.6. The molecule has 0 spiro atoms. The Hall–Kier alpha value is -3.22. The van der Waals surface area contributed by atoms with Gasteiger partial charge in [0.2, 0.25) is 11.8 Å². The maximum Gasteiger partial charge on any atom is 0.241 e. The molecular formula is C24H27N5O2. The Labute approximate surface area is 181 Å². The van der Waals surface area contributed by atoms with E-state index in [1.165, 1.54) is 12.8 Å². The minimum atomic E-state index is -0.131. The predicted molar refractivity (Wildman–Crippen MR) is 118 cm³/mol. The number of hydrogen-bond donors (Lipinski definition) is 2. The highest BCUT2D eigenvalue weighted by Gasteiger charge is 2.30. The SMILES string of the molecule is O=C(Cc1cccc2ccccc12)NCC(=O)N1CCC(c2nc(C3CC3)n[nH]2)CC1. The van der Waals surface area contributed by atoms with E-state index in [4.69, 9.17) is 0 Å². The van der Waals surface area contributed by atoms with Crippen LogP contribution in [0.3, 0.4) is 0 Å². The number of aromatic nitrogens is 3. The van der Waals surface area contributed by atoms with Crippen LogP contribution < -0.4 is 5.32 Å². The molecule has 0 unspecified atom stereocenters. The number of nitrogens with one attached hydrogen (secondary N) is 2. The van der Waals surface area contributed by atoms with Gasteiger partial charge in [0, 0.05) is 24.9 Å². The molecule has 7 nitrogen and oxygen atoms in total. The van der Waals surface area contributed by atoms with Gasteiger partial charge in [-0.2, -0.15) is 5.10 Å². The highest BCUT2D eigenvalue weighted by molar-refractivity contribution is 5.91. The molecule has 0 bridgehead atoms. The van der Waals surface area contributed by atoms with Crippen molar-refractivity contribution in [1.29, 1.82) is 0 Å². The van der Waals surface area contributed by atoms with E-state index in [1.54, 1.807) is 0 Å². The monoisotopic (exact) mass is 417 g/mol. The Kier molecular flexibility index (Phi) is 5.40. The number of fused-ring (bicyclic) bond motifs is 1. The lowest BCUT2D eigenvalue weighted by molar-refractivity contribution is -0.133. The quantitative estimate of drug-likeness (QED) is 0.645. The minimum absolute atomic E-state index is 0.0269. The molecule has 1 aromatic heterocycles. The summed E-state index contributed by atoms with van der Waals surface area (Å²) in [5, 5.41) is 12.4. The molecule has 160 valence electrons. The Morgan fingerprint density at radius 2 is 1.77 bits per heavy atom. The van der Waals surface area contributed by atoms with Crippen LogP contribution in [0.5, 0.6) is 0 Å². The van der Waals surface area contributed by atoms with Crippen LogP contribution in [-0.4, -0.2) is 51.5 Å². The average molecular weight is 418 g/mol. The second-order valence-electron chi connectivity index (χ2n) is 8.60. The van der Waals surface area contributed by atoms with Crippen LogP contribution in [0, 0.1) is 0 Å². The van der Waals surface area contributed by atoms with E-state index in [0.29, 0.717) is 24.9 Å². The van der Waals surface area contributed by atoms with Gasteiger partial charge in [-0.1, -0.05) is 42.5 Å². The molecule has 1 saturated carbocycles. The molecule has 2 fully saturated rings. The van der Waals surface area contributed by atoms with Gasteiger partial charge in [-0.25, -0.2) is 4.98 Å². The van der Waals surface area contributed by atoms with Gasteiger partial charge in [-0.15, -0.1) is 0 Å². The van der Waals surface area contributed by atoms with Crippen molar-refractivity contribution < 1.29 is 9.59 Å². The second kappa shape index (κ2) is 8.49. The Morgan fingerprint density at radius 3 is 2.58 bits per heavy atom. The van der Waals surface area contributed by atoms with Crippen molar-refractivity contribution in [3.05, 3.63) is 59.7 Å². The number of piperidine rings is 1. The van der Waals surface area contributed by atoms with Crippen LogP contribution in [0.25, 0.3) is 10.8 Å². The third-order valence-corrected chi connectivity index (χ3v) is 6.36. The summed E-state index contributed by atoms with van der Waals surface area (Å²) in [7, 11) is 0. The van der Waals surface area contributed by atoms with E-state index in [-0.39, 0.29) is 24.8 Å². The molecule has 31 heavy (non-hydrogen) atoms. The molecule has 7 heteroatoms. The lowest BCUT2D eigenvalue weighted by Crippen LogP contribution is -2.44. The molecule has 1 aliphatic carbocycles. The first kappa shape index (κ1) is 19.7. The first-order valence-corrected chi connectivity index (χ1v) is 11.1. The molecule has 2 amide bonds. The first-order valence-electron chi connectivity index (χ1n) is 11.1. The van der Waals surface area contributed by atoms with Gasteiger partial charge in [0.15, 0.2) is 5.82 Å². The van der Waals surface area contributed by atoms with Crippen molar-refractivity contribution in [2.24, 2.45) is 0 Å². The summed E-state index contributed by atoms with van der Waals surface area (Å²) in [5.41, 5.74) is 0.974. The lowest BCUT2D eigenvalue weighted by Gasteiger charge is -2.31. The summed E-state index contributed by atoms with van der Waals surface area (Å²) in [5.74, 6) is 2.61. The van der Waals surface area contributed by atoms with Crippen LogP contribution in [0.2, 0.25) is 0 Å². The van der Waals surface area contributed by atoms with Gasteiger partial charge < -0.3 is 10.2 Å². The van der Waals surface area contributed by atoms with E-state index >= 15 is 0 Å². The number of nitrogens with zero attached hydrogens (tertiary/aromatic N) is 3. The fraction of sp³-hybridized carbons (Fsp3) is 0.417. The Bertz CT molecular complexity index is 1090. The zero-order valence-electron chi connectivity index (χ0n) is 17.5. The van der Waals surface area contributed by atoms with Crippen molar-refractivity contribution in [2.75, 3.05) is 19.6 Å². The number of rotatable bonds is 6. The topological polar surface area (TPSA) is 91.0 Å². The molecule has 0 radical (unpaired) electrons. The van der Waals surface area contributed by atoms with Crippen LogP contribution in [-0.2, 0) is 16.0 Å². The van der Waals surface area contributed by atoms with Gasteiger partial charge in [-0.05, 0) is 42.0 Å². The summed E-state index contributed by atoms with van der Waals surface area (Å²) >= 11 is 0. The number of benzene rings is 2. The summed E-state index contributed by atoms with van der Waals surface area (Å²) in [6, 6.07) is 14.0. The van der Waals surface area contributed by atoms with Crippen molar-refractivity contribution >= 4 is 22.6 Å². The number of likely N-dealkylation sites (tertiary alicyclic amines) is 1. The molecule has 2 aliphatic rings. The number of H-pyrrole nitrogens is 1. The van der Waals surface area contributed by atoms with Crippen LogP contribution in [0.1, 0.15) is 54.7 Å². The number of amides is 2. The molecule has 2 heterocycles. The molecule has 2 N–H and O–H groups in total.